The Hall–Kier alpha value is -9.48. The Morgan fingerprint density at radius 1 is 0.465 bits per heavy atom. The van der Waals surface area contributed by atoms with Crippen molar-refractivity contribution in [3.05, 3.63) is 281 Å². The summed E-state index contributed by atoms with van der Waals surface area (Å²) in [4.78, 5) is 45.5. The van der Waals surface area contributed by atoms with Gasteiger partial charge in [-0.2, -0.15) is 0 Å². The van der Waals surface area contributed by atoms with E-state index in [1.165, 1.54) is 72.8 Å². The quantitative estimate of drug-likeness (QED) is 0.0222. The molecule has 0 spiro atoms. The van der Waals surface area contributed by atoms with Crippen LogP contribution >= 0.6 is 0 Å². The Morgan fingerprint density at radius 2 is 0.930 bits per heavy atom. The van der Waals surface area contributed by atoms with Crippen LogP contribution in [-0.2, 0) is 61.8 Å². The molecule has 0 heterocycles. The van der Waals surface area contributed by atoms with E-state index in [0.29, 0.717) is 38.4 Å². The summed E-state index contributed by atoms with van der Waals surface area (Å²) >= 11 is 0. The average molecular weight is 1150 g/mol. The summed E-state index contributed by atoms with van der Waals surface area (Å²) in [5.41, 5.74) is 14.3. The molecule has 0 saturated carbocycles. The second-order valence-corrected chi connectivity index (χ2v) is 21.1. The van der Waals surface area contributed by atoms with Gasteiger partial charge in [-0.15, -0.1) is 0 Å². The lowest BCUT2D eigenvalue weighted by molar-refractivity contribution is -0.144. The van der Waals surface area contributed by atoms with Gasteiger partial charge in [-0.1, -0.05) is 191 Å². The number of benzene rings is 8. The minimum atomic E-state index is -0.465. The fraction of sp³-hybridized carbons (Fsp3) is 0.253. The third-order valence-corrected chi connectivity index (χ3v) is 16.0. The zero-order valence-corrected chi connectivity index (χ0v) is 49.1. The highest BCUT2D eigenvalue weighted by molar-refractivity contribution is 5.81. The van der Waals surface area contributed by atoms with Crippen molar-refractivity contribution < 1.29 is 52.3 Å². The zero-order chi connectivity index (χ0) is 60.1. The fourth-order valence-electron chi connectivity index (χ4n) is 11.8. The van der Waals surface area contributed by atoms with Gasteiger partial charge in [-0.3, -0.25) is 9.59 Å². The van der Waals surface area contributed by atoms with Crippen LogP contribution in [0.15, 0.2) is 226 Å². The summed E-state index contributed by atoms with van der Waals surface area (Å²) < 4.78 is 38.0. The van der Waals surface area contributed by atoms with Gasteiger partial charge in [0, 0.05) is 41.7 Å². The number of carbonyl (C=O) groups is 4. The minimum absolute atomic E-state index is 0.156. The molecule has 0 amide bonds. The van der Waals surface area contributed by atoms with E-state index in [-0.39, 0.29) is 61.1 Å². The molecule has 11 heteroatoms. The maximum absolute atomic E-state index is 11.4. The fourth-order valence-corrected chi connectivity index (χ4v) is 11.8. The predicted octanol–water partition coefficient (Wildman–Crippen LogP) is 14.6. The zero-order valence-electron chi connectivity index (χ0n) is 49.1. The third kappa shape index (κ3) is 14.7. The Bertz CT molecular complexity index is 3540. The maximum atomic E-state index is 11.4. The van der Waals surface area contributed by atoms with E-state index in [1.807, 2.05) is 42.5 Å². The number of hydrogen-bond donors (Lipinski definition) is 0. The highest BCUT2D eigenvalue weighted by atomic mass is 16.6. The van der Waals surface area contributed by atoms with Crippen LogP contribution in [0.2, 0.25) is 0 Å². The van der Waals surface area contributed by atoms with Gasteiger partial charge in [0.25, 0.3) is 0 Å². The first-order valence-electron chi connectivity index (χ1n) is 29.6. The Labute approximate surface area is 505 Å². The van der Waals surface area contributed by atoms with E-state index in [2.05, 4.69) is 171 Å². The molecule has 2 aliphatic rings. The van der Waals surface area contributed by atoms with Crippen molar-refractivity contribution in [2.24, 2.45) is 0 Å². The van der Waals surface area contributed by atoms with Crippen LogP contribution in [0, 0.1) is 0 Å². The van der Waals surface area contributed by atoms with Crippen molar-refractivity contribution in [3.8, 4) is 28.4 Å². The van der Waals surface area contributed by atoms with Crippen molar-refractivity contribution in [3.63, 3.8) is 0 Å². The van der Waals surface area contributed by atoms with Crippen LogP contribution in [-0.4, -0.2) is 70.1 Å². The molecule has 10 rings (SSSR count). The Balaban J connectivity index is 0.000000205. The van der Waals surface area contributed by atoms with Crippen molar-refractivity contribution in [2.75, 3.05) is 46.2 Å². The number of esters is 4. The van der Waals surface area contributed by atoms with E-state index >= 15 is 0 Å². The van der Waals surface area contributed by atoms with E-state index in [1.54, 1.807) is 13.8 Å². The summed E-state index contributed by atoms with van der Waals surface area (Å²) in [7, 11) is 0. The van der Waals surface area contributed by atoms with Crippen LogP contribution < -0.4 is 14.2 Å². The van der Waals surface area contributed by atoms with Crippen LogP contribution in [0.5, 0.6) is 17.2 Å². The first-order valence-corrected chi connectivity index (χ1v) is 29.6. The molecule has 2 aliphatic carbocycles. The average Bonchev–Trinajstić information content (AvgIpc) is 1.57. The molecule has 86 heavy (non-hydrogen) atoms. The van der Waals surface area contributed by atoms with E-state index in [9.17, 15) is 19.2 Å². The number of aryl methyl sites for hydroxylation is 2. The minimum Gasteiger partial charge on any atom is -0.490 e. The van der Waals surface area contributed by atoms with Gasteiger partial charge in [-0.25, -0.2) is 9.59 Å². The summed E-state index contributed by atoms with van der Waals surface area (Å²) in [6.07, 6.45) is 7.38. The number of ether oxygens (including phenoxy) is 7. The lowest BCUT2D eigenvalue weighted by Crippen LogP contribution is -2.27. The van der Waals surface area contributed by atoms with Gasteiger partial charge < -0.3 is 33.2 Å². The van der Waals surface area contributed by atoms with Gasteiger partial charge in [-0.05, 0) is 135 Å². The molecule has 8 aromatic rings. The lowest BCUT2D eigenvalue weighted by Gasteiger charge is -2.33. The molecule has 8 aromatic carbocycles. The molecular formula is C75H74O11. The smallest absolute Gasteiger partial charge is 0.330 e. The summed E-state index contributed by atoms with van der Waals surface area (Å²) in [6, 6.07) is 70.5. The first kappa shape index (κ1) is 61.1. The molecule has 0 saturated heterocycles. The van der Waals surface area contributed by atoms with Crippen LogP contribution in [0.3, 0.4) is 0 Å². The molecule has 11 nitrogen and oxygen atoms in total. The van der Waals surface area contributed by atoms with Crippen molar-refractivity contribution >= 4 is 23.9 Å². The van der Waals surface area contributed by atoms with Crippen molar-refractivity contribution in [2.45, 2.75) is 75.5 Å². The number of fused-ring (bicyclic) bond motifs is 2. The maximum Gasteiger partial charge on any atom is 0.330 e. The SMILES string of the molecule is C=CC(=O)OCCCc1ccc(C2(c3ccc(OCCOC(=O)CC)cc3)CC(c3ccccc3)c3ccccc32)cc1.C=CC(=O)OCCOc1ccc(C2(c3ccc(OCCOC(=O)CC)cc3)CCc3cc(-c4ccccc4)ccc32)cc1. The molecule has 0 aliphatic heterocycles. The molecular weight excluding hydrogens is 1080 g/mol. The summed E-state index contributed by atoms with van der Waals surface area (Å²) in [6.45, 7) is 12.2. The molecule has 0 radical (unpaired) electrons. The second kappa shape index (κ2) is 29.9. The van der Waals surface area contributed by atoms with Gasteiger partial charge in [0.2, 0.25) is 0 Å². The molecule has 3 unspecified atom stereocenters. The highest BCUT2D eigenvalue weighted by Gasteiger charge is 2.47. The van der Waals surface area contributed by atoms with Crippen LogP contribution in [0.25, 0.3) is 11.1 Å². The van der Waals surface area contributed by atoms with Gasteiger partial charge in [0.15, 0.2) is 0 Å². The Kier molecular flexibility index (Phi) is 21.2. The van der Waals surface area contributed by atoms with Gasteiger partial charge in [0.1, 0.15) is 56.9 Å². The standard InChI is InChI=1S/C38H38O5.C37H36O6/c1-3-36(39)42-24-10-11-28-16-18-30(19-17-28)38(31-20-22-32(23-21-31)41-25-26-43-37(40)4-2)27-34(29-12-6-5-7-13-29)33-14-8-9-15-35(33)38;1-3-35(38)42-24-22-40-32-15-11-30(12-16-32)37(31-13-17-33(18-14-31)41-23-25-43-36(39)4-2)21-20-29-26-28(10-19-34(29)37)27-8-6-5-7-9-27/h3,5-9,12-23,34H,1,4,10-11,24-27H2,2H3;3,5-19,26H,1,4,20-25H2,2H3. The van der Waals surface area contributed by atoms with Crippen LogP contribution in [0.4, 0.5) is 0 Å². The predicted molar refractivity (Wildman–Crippen MR) is 335 cm³/mol. The molecule has 0 aromatic heterocycles. The van der Waals surface area contributed by atoms with Crippen molar-refractivity contribution in [1.82, 2.24) is 0 Å². The number of hydrogen-bond acceptors (Lipinski definition) is 11. The van der Waals surface area contributed by atoms with E-state index < -0.39 is 5.97 Å². The summed E-state index contributed by atoms with van der Waals surface area (Å²) in [5, 5.41) is 0. The summed E-state index contributed by atoms with van der Waals surface area (Å²) in [5.74, 6) is 1.11. The molecule has 0 N–H and O–H groups in total. The topological polar surface area (TPSA) is 133 Å². The number of carbonyl (C=O) groups excluding carboxylic acids is 4. The third-order valence-electron chi connectivity index (χ3n) is 16.0. The lowest BCUT2D eigenvalue weighted by atomic mass is 9.69. The molecule has 0 fully saturated rings. The monoisotopic (exact) mass is 1150 g/mol. The molecule has 440 valence electrons. The van der Waals surface area contributed by atoms with E-state index in [0.717, 1.165) is 49.7 Å². The van der Waals surface area contributed by atoms with E-state index in [4.69, 9.17) is 33.2 Å². The second-order valence-electron chi connectivity index (χ2n) is 21.1. The van der Waals surface area contributed by atoms with Gasteiger partial charge >= 0.3 is 23.9 Å². The molecule has 3 atom stereocenters. The largest absolute Gasteiger partial charge is 0.490 e. The normalized spacial score (nSPS) is 16.2. The Morgan fingerprint density at radius 3 is 1.45 bits per heavy atom. The van der Waals surface area contributed by atoms with Crippen LogP contribution in [0.1, 0.15) is 108 Å². The van der Waals surface area contributed by atoms with Crippen molar-refractivity contribution in [1.29, 1.82) is 0 Å². The number of rotatable bonds is 26. The first-order chi connectivity index (χ1) is 42.1. The molecule has 0 bridgehead atoms. The van der Waals surface area contributed by atoms with Gasteiger partial charge in [0.05, 0.1) is 6.61 Å². The highest BCUT2D eigenvalue weighted by Crippen LogP contribution is 2.56.